The summed E-state index contributed by atoms with van der Waals surface area (Å²) in [5.74, 6) is -0.386. The van der Waals surface area contributed by atoms with Crippen molar-refractivity contribution in [3.8, 4) is 5.69 Å². The highest BCUT2D eigenvalue weighted by molar-refractivity contribution is 5.72. The molecule has 0 aliphatic carbocycles. The summed E-state index contributed by atoms with van der Waals surface area (Å²) in [7, 11) is 0. The van der Waals surface area contributed by atoms with Gasteiger partial charge in [-0.1, -0.05) is 17.7 Å². The normalized spacial score (nSPS) is 10.6. The van der Waals surface area contributed by atoms with Crippen LogP contribution in [0.15, 0.2) is 29.1 Å². The molecule has 0 bridgehead atoms. The van der Waals surface area contributed by atoms with Crippen molar-refractivity contribution in [1.82, 2.24) is 9.78 Å². The molecule has 0 spiro atoms. The average Bonchev–Trinajstić information content (AvgIpc) is 2.68. The zero-order valence-corrected chi connectivity index (χ0v) is 11.9. The number of aryl methyl sites for hydroxylation is 2. The fourth-order valence-corrected chi connectivity index (χ4v) is 2.02. The van der Waals surface area contributed by atoms with Gasteiger partial charge in [0.15, 0.2) is 0 Å². The van der Waals surface area contributed by atoms with Crippen LogP contribution in [0, 0.1) is 13.8 Å². The van der Waals surface area contributed by atoms with Gasteiger partial charge in [-0.25, -0.2) is 4.68 Å². The van der Waals surface area contributed by atoms with Gasteiger partial charge in [-0.15, -0.1) is 0 Å². The molecule has 0 amide bonds. The van der Waals surface area contributed by atoms with E-state index in [4.69, 9.17) is 4.74 Å². The SMILES string of the molecule is CCOC(=O)Cc1c(C)[nH]n(-c2ccc(C)cc2)c1=O. The molecule has 1 N–H and O–H groups in total. The molecule has 0 radical (unpaired) electrons. The largest absolute Gasteiger partial charge is 0.466 e. The molecule has 2 rings (SSSR count). The van der Waals surface area contributed by atoms with Crippen LogP contribution in [0.1, 0.15) is 23.7 Å². The molecule has 0 saturated heterocycles. The van der Waals surface area contributed by atoms with Gasteiger partial charge >= 0.3 is 5.97 Å². The van der Waals surface area contributed by atoms with Crippen molar-refractivity contribution in [2.45, 2.75) is 27.2 Å². The quantitative estimate of drug-likeness (QED) is 0.866. The predicted octanol–water partition coefficient (Wildman–Crippen LogP) is 1.89. The third kappa shape index (κ3) is 2.82. The van der Waals surface area contributed by atoms with Gasteiger partial charge in [0.25, 0.3) is 5.56 Å². The van der Waals surface area contributed by atoms with Crippen molar-refractivity contribution < 1.29 is 9.53 Å². The second-order valence-corrected chi connectivity index (χ2v) is 4.67. The number of carbonyl (C=O) groups is 1. The van der Waals surface area contributed by atoms with Crippen LogP contribution in [0.4, 0.5) is 0 Å². The molecular formula is C15H18N2O3. The summed E-state index contributed by atoms with van der Waals surface area (Å²) < 4.78 is 6.33. The average molecular weight is 274 g/mol. The van der Waals surface area contributed by atoms with E-state index in [1.165, 1.54) is 4.68 Å². The molecule has 0 fully saturated rings. The van der Waals surface area contributed by atoms with Crippen molar-refractivity contribution in [2.75, 3.05) is 6.61 Å². The first kappa shape index (κ1) is 14.1. The van der Waals surface area contributed by atoms with Crippen molar-refractivity contribution >= 4 is 5.97 Å². The lowest BCUT2D eigenvalue weighted by atomic mass is 10.2. The first-order valence-electron chi connectivity index (χ1n) is 6.56. The van der Waals surface area contributed by atoms with Gasteiger partial charge in [0.1, 0.15) is 0 Å². The number of nitrogens with zero attached hydrogens (tertiary/aromatic N) is 1. The Hall–Kier alpha value is -2.30. The maximum Gasteiger partial charge on any atom is 0.310 e. The minimum Gasteiger partial charge on any atom is -0.466 e. The number of nitrogens with one attached hydrogen (secondary N) is 1. The lowest BCUT2D eigenvalue weighted by Crippen LogP contribution is -2.20. The van der Waals surface area contributed by atoms with Crippen LogP contribution in [0.3, 0.4) is 0 Å². The Bertz CT molecular complexity index is 665. The molecule has 5 nitrogen and oxygen atoms in total. The van der Waals surface area contributed by atoms with Crippen LogP contribution in [-0.4, -0.2) is 22.4 Å². The Morgan fingerprint density at radius 1 is 1.25 bits per heavy atom. The number of carbonyl (C=O) groups excluding carboxylic acids is 1. The molecule has 106 valence electrons. The molecule has 0 aliphatic heterocycles. The van der Waals surface area contributed by atoms with Crippen molar-refractivity contribution in [2.24, 2.45) is 0 Å². The number of H-pyrrole nitrogens is 1. The fourth-order valence-electron chi connectivity index (χ4n) is 2.02. The Balaban J connectivity index is 2.36. The monoisotopic (exact) mass is 274 g/mol. The van der Waals surface area contributed by atoms with E-state index in [2.05, 4.69) is 5.10 Å². The van der Waals surface area contributed by atoms with E-state index in [9.17, 15) is 9.59 Å². The second kappa shape index (κ2) is 5.77. The lowest BCUT2D eigenvalue weighted by Gasteiger charge is -2.01. The Morgan fingerprint density at radius 3 is 2.50 bits per heavy atom. The predicted molar refractivity (Wildman–Crippen MR) is 76.2 cm³/mol. The number of hydrogen-bond acceptors (Lipinski definition) is 3. The topological polar surface area (TPSA) is 64.1 Å². The van der Waals surface area contributed by atoms with E-state index >= 15 is 0 Å². The number of aromatic amines is 1. The van der Waals surface area contributed by atoms with Gasteiger partial charge in [-0.3, -0.25) is 14.7 Å². The van der Waals surface area contributed by atoms with Gasteiger partial charge in [0.2, 0.25) is 0 Å². The second-order valence-electron chi connectivity index (χ2n) is 4.67. The van der Waals surface area contributed by atoms with Crippen molar-refractivity contribution in [3.05, 3.63) is 51.4 Å². The van der Waals surface area contributed by atoms with E-state index < -0.39 is 0 Å². The minimum absolute atomic E-state index is 0.00608. The molecule has 0 atom stereocenters. The Morgan fingerprint density at radius 2 is 1.90 bits per heavy atom. The molecular weight excluding hydrogens is 256 g/mol. The number of ether oxygens (including phenoxy) is 1. The van der Waals surface area contributed by atoms with Gasteiger partial charge < -0.3 is 4.74 Å². The van der Waals surface area contributed by atoms with E-state index in [0.717, 1.165) is 11.3 Å². The Kier molecular flexibility index (Phi) is 4.08. The van der Waals surface area contributed by atoms with Crippen LogP contribution in [0.5, 0.6) is 0 Å². The summed E-state index contributed by atoms with van der Waals surface area (Å²) in [5.41, 5.74) is 2.79. The summed E-state index contributed by atoms with van der Waals surface area (Å²) in [4.78, 5) is 23.9. The van der Waals surface area contributed by atoms with E-state index in [-0.39, 0.29) is 17.9 Å². The molecule has 20 heavy (non-hydrogen) atoms. The van der Waals surface area contributed by atoms with Crippen molar-refractivity contribution in [3.63, 3.8) is 0 Å². The zero-order chi connectivity index (χ0) is 14.7. The fraction of sp³-hybridized carbons (Fsp3) is 0.333. The molecule has 5 heteroatoms. The van der Waals surface area contributed by atoms with Gasteiger partial charge in [0, 0.05) is 5.69 Å². The molecule has 2 aromatic rings. The van der Waals surface area contributed by atoms with E-state index in [1.54, 1.807) is 13.8 Å². The highest BCUT2D eigenvalue weighted by Gasteiger charge is 2.16. The highest BCUT2D eigenvalue weighted by atomic mass is 16.5. The van der Waals surface area contributed by atoms with Crippen LogP contribution >= 0.6 is 0 Å². The number of benzene rings is 1. The number of hydrogen-bond donors (Lipinski definition) is 1. The van der Waals surface area contributed by atoms with Crippen LogP contribution in [-0.2, 0) is 16.0 Å². The van der Waals surface area contributed by atoms with Gasteiger partial charge in [-0.05, 0) is 32.9 Å². The lowest BCUT2D eigenvalue weighted by molar-refractivity contribution is -0.142. The standard InChI is InChI=1S/C15H18N2O3/c1-4-20-14(18)9-13-11(3)16-17(15(13)19)12-7-5-10(2)6-8-12/h5-8,16H,4,9H2,1-3H3. The summed E-state index contributed by atoms with van der Waals surface area (Å²) in [6.45, 7) is 5.82. The molecule has 1 aromatic heterocycles. The third-order valence-corrected chi connectivity index (χ3v) is 3.11. The summed E-state index contributed by atoms with van der Waals surface area (Å²) in [6, 6.07) is 7.59. The van der Waals surface area contributed by atoms with Crippen LogP contribution in [0.25, 0.3) is 5.69 Å². The molecule has 1 heterocycles. The van der Waals surface area contributed by atoms with Gasteiger partial charge in [0.05, 0.1) is 24.3 Å². The highest BCUT2D eigenvalue weighted by Crippen LogP contribution is 2.09. The van der Waals surface area contributed by atoms with E-state index in [0.29, 0.717) is 17.9 Å². The first-order chi connectivity index (χ1) is 9.52. The first-order valence-corrected chi connectivity index (χ1v) is 6.56. The number of esters is 1. The molecule has 0 aliphatic rings. The summed E-state index contributed by atoms with van der Waals surface area (Å²) in [5, 5.41) is 2.99. The number of rotatable bonds is 4. The molecule has 1 aromatic carbocycles. The third-order valence-electron chi connectivity index (χ3n) is 3.11. The Labute approximate surface area is 117 Å². The minimum atomic E-state index is -0.386. The van der Waals surface area contributed by atoms with Crippen LogP contribution in [0.2, 0.25) is 0 Å². The summed E-state index contributed by atoms with van der Waals surface area (Å²) in [6.07, 6.45) is -0.00608. The van der Waals surface area contributed by atoms with Crippen LogP contribution < -0.4 is 5.56 Å². The zero-order valence-electron chi connectivity index (χ0n) is 11.9. The van der Waals surface area contributed by atoms with Crippen molar-refractivity contribution in [1.29, 1.82) is 0 Å². The van der Waals surface area contributed by atoms with E-state index in [1.807, 2.05) is 31.2 Å². The maximum atomic E-state index is 12.3. The smallest absolute Gasteiger partial charge is 0.310 e. The van der Waals surface area contributed by atoms with Gasteiger partial charge in [-0.2, -0.15) is 0 Å². The molecule has 0 saturated carbocycles. The summed E-state index contributed by atoms with van der Waals surface area (Å²) >= 11 is 0. The number of aromatic nitrogens is 2. The maximum absolute atomic E-state index is 12.3. The molecule has 0 unspecified atom stereocenters.